The van der Waals surface area contributed by atoms with Crippen molar-refractivity contribution in [2.75, 3.05) is 6.54 Å². The molecule has 12 nitrogen and oxygen atoms in total. The summed E-state index contributed by atoms with van der Waals surface area (Å²) in [5, 5.41) is 20.5. The zero-order chi connectivity index (χ0) is 28.4. The first kappa shape index (κ1) is 29.2. The first-order valence-electron chi connectivity index (χ1n) is 12.2. The quantitative estimate of drug-likeness (QED) is 0.130. The Morgan fingerprint density at radius 3 is 1.92 bits per heavy atom. The fourth-order valence-electron chi connectivity index (χ4n) is 3.91. The Balaban J connectivity index is 1.86. The van der Waals surface area contributed by atoms with E-state index in [2.05, 4.69) is 26.3 Å². The van der Waals surface area contributed by atoms with E-state index in [4.69, 9.17) is 23.1 Å². The summed E-state index contributed by atoms with van der Waals surface area (Å²) in [6, 6.07) is 9.73. The van der Waals surface area contributed by atoms with Crippen LogP contribution in [-0.4, -0.2) is 59.4 Å². The molecule has 39 heavy (non-hydrogen) atoms. The number of benzene rings is 2. The van der Waals surface area contributed by atoms with Crippen LogP contribution < -0.4 is 32.7 Å². The van der Waals surface area contributed by atoms with Gasteiger partial charge in [0.2, 0.25) is 23.6 Å². The van der Waals surface area contributed by atoms with Crippen molar-refractivity contribution in [1.29, 1.82) is 0 Å². The number of phenolic OH excluding ortho intramolecular Hbond substituents is 1. The molecule has 0 bridgehead atoms. The normalized spacial score (nSPS) is 20.4. The largest absolute Gasteiger partial charge is 0.508 e. The molecule has 2 aromatic carbocycles. The van der Waals surface area contributed by atoms with Crippen LogP contribution in [0.25, 0.3) is 0 Å². The molecule has 4 amide bonds. The Labute approximate surface area is 230 Å². The van der Waals surface area contributed by atoms with E-state index in [9.17, 15) is 24.3 Å². The third-order valence-corrected chi connectivity index (χ3v) is 6.17. The van der Waals surface area contributed by atoms with Crippen LogP contribution in [0.5, 0.6) is 5.75 Å². The number of rotatable bonds is 8. The number of hydrogen-bond donors (Lipinski definition) is 7. The Bertz CT molecular complexity index is 1200. The second-order valence-electron chi connectivity index (χ2n) is 8.99. The van der Waals surface area contributed by atoms with Gasteiger partial charge in [-0.05, 0) is 48.2 Å². The van der Waals surface area contributed by atoms with Gasteiger partial charge in [-0.2, -0.15) is 0 Å². The molecule has 1 radical (unpaired) electrons. The maximum atomic E-state index is 13.4. The summed E-state index contributed by atoms with van der Waals surface area (Å²) < 4.78 is 0. The van der Waals surface area contributed by atoms with Crippen LogP contribution in [0.1, 0.15) is 24.0 Å². The molecule has 1 aliphatic heterocycles. The summed E-state index contributed by atoms with van der Waals surface area (Å²) in [4.78, 5) is 56.1. The van der Waals surface area contributed by atoms with Gasteiger partial charge in [-0.15, -0.1) is 0 Å². The predicted octanol–water partition coefficient (Wildman–Crippen LogP) is -0.370. The summed E-state index contributed by atoms with van der Waals surface area (Å²) in [6.07, 6.45) is 0.703. The van der Waals surface area contributed by atoms with Crippen molar-refractivity contribution in [1.82, 2.24) is 21.3 Å². The first-order chi connectivity index (χ1) is 18.6. The first-order valence-corrected chi connectivity index (χ1v) is 12.6. The van der Waals surface area contributed by atoms with E-state index >= 15 is 0 Å². The lowest BCUT2D eigenvalue weighted by Crippen LogP contribution is -2.59. The van der Waals surface area contributed by atoms with Crippen molar-refractivity contribution in [2.24, 2.45) is 16.5 Å². The summed E-state index contributed by atoms with van der Waals surface area (Å²) in [6.45, 7) is 1.14. The minimum absolute atomic E-state index is 0.0467. The summed E-state index contributed by atoms with van der Waals surface area (Å²) in [5.74, 6) is -2.56. The lowest BCUT2D eigenvalue weighted by atomic mass is 10.0. The van der Waals surface area contributed by atoms with Gasteiger partial charge >= 0.3 is 0 Å². The maximum Gasteiger partial charge on any atom is 0.245 e. The van der Waals surface area contributed by atoms with Crippen molar-refractivity contribution in [2.45, 2.75) is 43.8 Å². The predicted molar refractivity (Wildman–Crippen MR) is 145 cm³/mol. The highest BCUT2D eigenvalue weighted by Gasteiger charge is 2.31. The molecule has 1 fully saturated rings. The van der Waals surface area contributed by atoms with Crippen molar-refractivity contribution in [3.05, 3.63) is 71.2 Å². The highest BCUT2D eigenvalue weighted by atomic mass is 35.5. The van der Waals surface area contributed by atoms with Gasteiger partial charge in [0.25, 0.3) is 0 Å². The Hall–Kier alpha value is -4.32. The SMILES string of the molecule is NC(N)=NCCCC1NC(=O)C(Cc2ccc(O)cc2)NC(=O)C(Cc2ccc(Cl)cc2)NC(=O)[CH]NC1=O. The molecule has 207 valence electrons. The van der Waals surface area contributed by atoms with Gasteiger partial charge < -0.3 is 37.8 Å². The molecule has 9 N–H and O–H groups in total. The van der Waals surface area contributed by atoms with Crippen LogP contribution >= 0.6 is 11.6 Å². The van der Waals surface area contributed by atoms with Crippen LogP contribution in [-0.2, 0) is 32.0 Å². The Morgan fingerprint density at radius 1 is 0.795 bits per heavy atom. The molecule has 0 spiro atoms. The molecule has 13 heteroatoms. The number of guanidine groups is 1. The number of nitrogens with one attached hydrogen (secondary N) is 4. The third-order valence-electron chi connectivity index (χ3n) is 5.92. The van der Waals surface area contributed by atoms with Crippen molar-refractivity contribution >= 4 is 41.2 Å². The van der Waals surface area contributed by atoms with Gasteiger partial charge in [-0.25, -0.2) is 0 Å². The molecule has 3 rings (SSSR count). The molecule has 1 saturated heterocycles. The molecule has 0 aliphatic carbocycles. The number of aromatic hydroxyl groups is 1. The molecular formula is C26H31ClN7O5. The number of carbonyl (C=O) groups is 4. The van der Waals surface area contributed by atoms with Crippen LogP contribution in [0, 0.1) is 6.54 Å². The average Bonchev–Trinajstić information content (AvgIpc) is 2.89. The van der Waals surface area contributed by atoms with Crippen molar-refractivity contribution < 1.29 is 24.3 Å². The van der Waals surface area contributed by atoms with E-state index in [0.29, 0.717) is 17.0 Å². The minimum Gasteiger partial charge on any atom is -0.508 e. The highest BCUT2D eigenvalue weighted by molar-refractivity contribution is 6.30. The van der Waals surface area contributed by atoms with E-state index in [-0.39, 0.29) is 37.5 Å². The Kier molecular flexibility index (Phi) is 10.5. The molecule has 0 saturated carbocycles. The van der Waals surface area contributed by atoms with Crippen molar-refractivity contribution in [3.63, 3.8) is 0 Å². The average molecular weight is 557 g/mol. The standard InChI is InChI=1S/C26H31ClN7O5/c27-17-7-3-15(4-8-17)12-20-24(38)34-21(13-16-5-9-18(35)10-6-16)25(39)33-19(2-1-11-30-26(28)29)23(37)31-14-22(36)32-20/h3-10,14,19-21,35H,1-2,11-13H2,(H,31,37)(H,32,36)(H,33,39)(H,34,38)(H4,28,29,30). The summed E-state index contributed by atoms with van der Waals surface area (Å²) in [5.41, 5.74) is 12.1. The molecule has 3 atom stereocenters. The van der Waals surface area contributed by atoms with Gasteiger partial charge in [0.15, 0.2) is 5.96 Å². The van der Waals surface area contributed by atoms with E-state index in [0.717, 1.165) is 12.1 Å². The second kappa shape index (κ2) is 14.0. The molecule has 3 unspecified atom stereocenters. The number of hydrogen-bond acceptors (Lipinski definition) is 6. The highest BCUT2D eigenvalue weighted by Crippen LogP contribution is 2.14. The Morgan fingerprint density at radius 2 is 1.33 bits per heavy atom. The summed E-state index contributed by atoms with van der Waals surface area (Å²) >= 11 is 5.96. The van der Waals surface area contributed by atoms with Crippen LogP contribution in [0.3, 0.4) is 0 Å². The minimum atomic E-state index is -1.09. The number of nitrogens with two attached hydrogens (primary N) is 2. The number of amides is 4. The number of nitrogens with zero attached hydrogens (tertiary/aromatic N) is 1. The van der Waals surface area contributed by atoms with Gasteiger partial charge in [0.1, 0.15) is 30.4 Å². The molecule has 1 heterocycles. The third kappa shape index (κ3) is 9.49. The number of halogens is 1. The molecule has 2 aromatic rings. The van der Waals surface area contributed by atoms with E-state index in [1.807, 2.05) is 0 Å². The van der Waals surface area contributed by atoms with Crippen molar-refractivity contribution in [3.8, 4) is 5.75 Å². The zero-order valence-corrected chi connectivity index (χ0v) is 21.8. The smallest absolute Gasteiger partial charge is 0.245 e. The monoisotopic (exact) mass is 556 g/mol. The maximum absolute atomic E-state index is 13.4. The fourth-order valence-corrected chi connectivity index (χ4v) is 4.04. The van der Waals surface area contributed by atoms with E-state index in [1.165, 1.54) is 12.1 Å². The van der Waals surface area contributed by atoms with Gasteiger partial charge in [0.05, 0.1) is 0 Å². The molecule has 1 aliphatic rings. The molecule has 0 aromatic heterocycles. The van der Waals surface area contributed by atoms with Gasteiger partial charge in [-0.3, -0.25) is 24.2 Å². The number of aliphatic imine (C=N–C) groups is 1. The number of carbonyl (C=O) groups excluding carboxylic acids is 4. The molecular weight excluding hydrogens is 526 g/mol. The van der Waals surface area contributed by atoms with Gasteiger partial charge in [-0.1, -0.05) is 35.9 Å². The fraction of sp³-hybridized carbons (Fsp3) is 0.308. The lowest BCUT2D eigenvalue weighted by Gasteiger charge is -2.27. The van der Waals surface area contributed by atoms with Gasteiger partial charge in [0, 0.05) is 24.4 Å². The van der Waals surface area contributed by atoms with E-state index < -0.39 is 41.8 Å². The second-order valence-corrected chi connectivity index (χ2v) is 9.42. The van der Waals surface area contributed by atoms with E-state index in [1.54, 1.807) is 36.4 Å². The van der Waals surface area contributed by atoms with Crippen LogP contribution in [0.4, 0.5) is 0 Å². The van der Waals surface area contributed by atoms with Crippen LogP contribution in [0.2, 0.25) is 5.02 Å². The lowest BCUT2D eigenvalue weighted by molar-refractivity contribution is -0.134. The summed E-state index contributed by atoms with van der Waals surface area (Å²) in [7, 11) is 0. The van der Waals surface area contributed by atoms with Crippen LogP contribution in [0.15, 0.2) is 53.5 Å². The zero-order valence-electron chi connectivity index (χ0n) is 21.0. The number of phenols is 1. The topological polar surface area (TPSA) is 201 Å².